The number of carbonyl (C=O) groups excluding carboxylic acids is 1. The molecule has 0 spiro atoms. The van der Waals surface area contributed by atoms with Gasteiger partial charge in [0.25, 0.3) is 5.91 Å². The summed E-state index contributed by atoms with van der Waals surface area (Å²) < 4.78 is 15.5. The van der Waals surface area contributed by atoms with Crippen LogP contribution in [0.4, 0.5) is 10.2 Å². The van der Waals surface area contributed by atoms with E-state index in [1.165, 1.54) is 17.6 Å². The summed E-state index contributed by atoms with van der Waals surface area (Å²) in [6, 6.07) is 4.46. The minimum atomic E-state index is -0.804. The monoisotopic (exact) mass is 477 g/mol. The van der Waals surface area contributed by atoms with Gasteiger partial charge in [0.05, 0.1) is 12.1 Å². The van der Waals surface area contributed by atoms with Crippen molar-refractivity contribution in [2.24, 2.45) is 17.8 Å². The fraction of sp³-hybridized carbons (Fsp3) is 0.375. The molecule has 0 saturated heterocycles. The summed E-state index contributed by atoms with van der Waals surface area (Å²) in [4.78, 5) is 36.6. The molecule has 35 heavy (non-hydrogen) atoms. The molecule has 0 radical (unpaired) electrons. The van der Waals surface area contributed by atoms with Crippen molar-refractivity contribution in [3.05, 3.63) is 42.1 Å². The number of aliphatic carboxylic acids is 1. The highest BCUT2D eigenvalue weighted by atomic mass is 19.1. The molecule has 10 nitrogen and oxygen atoms in total. The molecule has 4 N–H and O–H groups in total. The molecule has 0 aromatic carbocycles. The van der Waals surface area contributed by atoms with Crippen LogP contribution in [0.15, 0.2) is 30.6 Å². The quantitative estimate of drug-likeness (QED) is 0.347. The number of pyridine rings is 1. The topological polar surface area (TPSA) is 137 Å². The summed E-state index contributed by atoms with van der Waals surface area (Å²) in [5, 5.41) is 21.2. The summed E-state index contributed by atoms with van der Waals surface area (Å²) in [5.74, 6) is -1.09. The molecule has 11 heteroatoms. The minimum absolute atomic E-state index is 0.128. The standard InChI is InChI=1S/C24H24FN7O3/c1-26-23(33)17-7-6-16-22(29-19-12-4-2-11(3-5-12)18(19)24(34)35)30-21(31-32(16)17)15-10-28-20-14(15)8-13(25)9-27-20/h6-12,18-19H,2-5H2,1H3,(H,26,33)(H,27,28)(H,34,35)(H,29,30,31)/t11-,12+,18-,19?/m0/s1. The van der Waals surface area contributed by atoms with Gasteiger partial charge < -0.3 is 20.7 Å². The molecule has 2 atom stereocenters. The van der Waals surface area contributed by atoms with Gasteiger partial charge in [0, 0.05) is 30.2 Å². The maximum atomic E-state index is 14.0. The van der Waals surface area contributed by atoms with Crippen molar-refractivity contribution >= 4 is 34.2 Å². The van der Waals surface area contributed by atoms with E-state index in [1.54, 1.807) is 18.3 Å². The summed E-state index contributed by atoms with van der Waals surface area (Å²) in [6.45, 7) is 0. The SMILES string of the molecule is CNC(=O)c1ccc2c(NC3[C@H]4CC[C@H](CC4)[C@@H]3C(=O)O)nc(-c3c[nH]c4ncc(F)cc34)nn12. The number of halogens is 1. The number of fused-ring (bicyclic) bond motifs is 5. The van der Waals surface area contributed by atoms with Crippen LogP contribution in [0.3, 0.4) is 0 Å². The number of amides is 1. The van der Waals surface area contributed by atoms with Gasteiger partial charge in [-0.1, -0.05) is 0 Å². The Hall–Kier alpha value is -4.02. The average Bonchev–Trinajstić information content (AvgIpc) is 3.48. The smallest absolute Gasteiger partial charge is 0.308 e. The zero-order chi connectivity index (χ0) is 24.3. The van der Waals surface area contributed by atoms with Crippen LogP contribution in [0.5, 0.6) is 0 Å². The number of carbonyl (C=O) groups is 2. The highest BCUT2D eigenvalue weighted by molar-refractivity contribution is 5.95. The zero-order valence-corrected chi connectivity index (χ0v) is 19.0. The molecule has 3 fully saturated rings. The van der Waals surface area contributed by atoms with E-state index in [4.69, 9.17) is 4.98 Å². The minimum Gasteiger partial charge on any atom is -0.481 e. The van der Waals surface area contributed by atoms with E-state index >= 15 is 0 Å². The van der Waals surface area contributed by atoms with Crippen molar-refractivity contribution in [1.82, 2.24) is 29.9 Å². The Morgan fingerprint density at radius 2 is 1.97 bits per heavy atom. The molecule has 180 valence electrons. The fourth-order valence-corrected chi connectivity index (χ4v) is 5.85. The van der Waals surface area contributed by atoms with Crippen molar-refractivity contribution in [3.8, 4) is 11.4 Å². The van der Waals surface area contributed by atoms with E-state index in [0.29, 0.717) is 33.6 Å². The Labute approximate surface area is 199 Å². The highest BCUT2D eigenvalue weighted by Gasteiger charge is 2.47. The van der Waals surface area contributed by atoms with Crippen molar-refractivity contribution in [1.29, 1.82) is 0 Å². The van der Waals surface area contributed by atoms with Crippen molar-refractivity contribution in [2.75, 3.05) is 12.4 Å². The molecule has 3 aliphatic rings. The predicted molar refractivity (Wildman–Crippen MR) is 125 cm³/mol. The molecule has 2 bridgehead atoms. The third-order valence-electron chi connectivity index (χ3n) is 7.52. The first kappa shape index (κ1) is 21.5. The predicted octanol–water partition coefficient (Wildman–Crippen LogP) is 3.07. The molecule has 4 heterocycles. The number of aromatic nitrogens is 5. The lowest BCUT2D eigenvalue weighted by Gasteiger charge is -2.47. The lowest BCUT2D eigenvalue weighted by Crippen LogP contribution is -2.51. The molecule has 4 aromatic rings. The van der Waals surface area contributed by atoms with Crippen molar-refractivity contribution in [2.45, 2.75) is 31.7 Å². The Bertz CT molecular complexity index is 1470. The van der Waals surface area contributed by atoms with E-state index in [0.717, 1.165) is 31.9 Å². The number of carboxylic acids is 1. The maximum absolute atomic E-state index is 14.0. The van der Waals surface area contributed by atoms with Crippen LogP contribution in [0, 0.1) is 23.6 Å². The summed E-state index contributed by atoms with van der Waals surface area (Å²) in [6.07, 6.45) is 6.55. The van der Waals surface area contributed by atoms with Gasteiger partial charge in [0.1, 0.15) is 22.7 Å². The van der Waals surface area contributed by atoms with Gasteiger partial charge >= 0.3 is 5.97 Å². The Kier molecular flexibility index (Phi) is 4.94. The highest BCUT2D eigenvalue weighted by Crippen LogP contribution is 2.46. The van der Waals surface area contributed by atoms with Gasteiger partial charge in [-0.25, -0.2) is 18.9 Å². The molecule has 3 saturated carbocycles. The number of nitrogens with one attached hydrogen (secondary N) is 3. The first-order valence-corrected chi connectivity index (χ1v) is 11.7. The number of aromatic amines is 1. The number of nitrogens with zero attached hydrogens (tertiary/aromatic N) is 4. The lowest BCUT2D eigenvalue weighted by atomic mass is 9.61. The van der Waals surface area contributed by atoms with Gasteiger partial charge in [-0.15, -0.1) is 5.10 Å². The summed E-state index contributed by atoms with van der Waals surface area (Å²) in [5.41, 5.74) is 1.86. The Morgan fingerprint density at radius 3 is 2.71 bits per heavy atom. The number of anilines is 1. The molecule has 4 aromatic heterocycles. The summed E-state index contributed by atoms with van der Waals surface area (Å²) in [7, 11) is 1.54. The second-order valence-corrected chi connectivity index (χ2v) is 9.34. The number of H-pyrrole nitrogens is 1. The van der Waals surface area contributed by atoms with Gasteiger partial charge in [-0.2, -0.15) is 0 Å². The van der Waals surface area contributed by atoms with E-state index in [1.807, 2.05) is 0 Å². The third-order valence-corrected chi connectivity index (χ3v) is 7.52. The number of carboxylic acid groups (broad SMARTS) is 1. The van der Waals surface area contributed by atoms with Gasteiger partial charge in [0.15, 0.2) is 11.6 Å². The number of hydrogen-bond acceptors (Lipinski definition) is 6. The lowest BCUT2D eigenvalue weighted by molar-refractivity contribution is -0.148. The number of rotatable bonds is 5. The maximum Gasteiger partial charge on any atom is 0.308 e. The normalized spacial score (nSPS) is 23.6. The van der Waals surface area contributed by atoms with Gasteiger partial charge in [0.2, 0.25) is 0 Å². The first-order chi connectivity index (χ1) is 16.9. The van der Waals surface area contributed by atoms with E-state index in [2.05, 4.69) is 25.7 Å². The van der Waals surface area contributed by atoms with E-state index in [9.17, 15) is 19.1 Å². The largest absolute Gasteiger partial charge is 0.481 e. The molecule has 7 rings (SSSR count). The van der Waals surface area contributed by atoms with Crippen LogP contribution in [-0.4, -0.2) is 54.6 Å². The summed E-state index contributed by atoms with van der Waals surface area (Å²) >= 11 is 0. The fourth-order valence-electron chi connectivity index (χ4n) is 5.85. The molecular formula is C24H24FN7O3. The van der Waals surface area contributed by atoms with E-state index < -0.39 is 17.7 Å². The van der Waals surface area contributed by atoms with Crippen LogP contribution >= 0.6 is 0 Å². The first-order valence-electron chi connectivity index (χ1n) is 11.7. The molecule has 3 aliphatic carbocycles. The Balaban J connectivity index is 1.52. The van der Waals surface area contributed by atoms with Crippen molar-refractivity contribution in [3.63, 3.8) is 0 Å². The molecular weight excluding hydrogens is 453 g/mol. The van der Waals surface area contributed by atoms with Crippen molar-refractivity contribution < 1.29 is 19.1 Å². The van der Waals surface area contributed by atoms with Crippen LogP contribution in [0.2, 0.25) is 0 Å². The second kappa shape index (κ2) is 8.03. The van der Waals surface area contributed by atoms with Gasteiger partial charge in [-0.3, -0.25) is 9.59 Å². The second-order valence-electron chi connectivity index (χ2n) is 9.34. The Morgan fingerprint density at radius 1 is 1.20 bits per heavy atom. The van der Waals surface area contributed by atoms with Crippen LogP contribution in [0.1, 0.15) is 36.2 Å². The van der Waals surface area contributed by atoms with E-state index in [-0.39, 0.29) is 29.6 Å². The molecule has 0 aliphatic heterocycles. The van der Waals surface area contributed by atoms with Crippen LogP contribution < -0.4 is 10.6 Å². The molecule has 1 unspecified atom stereocenters. The third kappa shape index (κ3) is 3.41. The zero-order valence-electron chi connectivity index (χ0n) is 19.0. The number of hydrogen-bond donors (Lipinski definition) is 4. The average molecular weight is 478 g/mol. The van der Waals surface area contributed by atoms with Crippen LogP contribution in [-0.2, 0) is 4.79 Å². The molecule has 1 amide bonds. The van der Waals surface area contributed by atoms with Gasteiger partial charge in [-0.05, 0) is 55.7 Å². The van der Waals surface area contributed by atoms with Crippen LogP contribution in [0.25, 0.3) is 27.9 Å².